The largest absolute Gasteiger partial charge is 0.355 e. The number of carbonyl (C=O) groups is 2. The molecule has 5 heteroatoms. The first-order valence-electron chi connectivity index (χ1n) is 7.60. The minimum atomic E-state index is -0.201. The highest BCUT2D eigenvalue weighted by Crippen LogP contribution is 2.25. The van der Waals surface area contributed by atoms with E-state index in [4.69, 9.17) is 0 Å². The zero-order valence-electron chi connectivity index (χ0n) is 13.5. The van der Waals surface area contributed by atoms with Crippen molar-refractivity contribution in [2.24, 2.45) is 5.92 Å². The first-order valence-corrected chi connectivity index (χ1v) is 7.60. The van der Waals surface area contributed by atoms with E-state index in [1.165, 1.54) is 0 Å². The molecule has 0 aromatic carbocycles. The van der Waals surface area contributed by atoms with E-state index in [9.17, 15) is 9.59 Å². The topological polar surface area (TPSA) is 52.7 Å². The number of likely N-dealkylation sites (tertiary alicyclic amines) is 1. The van der Waals surface area contributed by atoms with Gasteiger partial charge in [0.15, 0.2) is 0 Å². The standard InChI is InChI=1S/C15H29N3O2/c1-6-17(7-2)9-8-16-14(20)12-10-13(19)18(11-12)15(3,4)5/h12H,6-11H2,1-5H3,(H,16,20). The van der Waals surface area contributed by atoms with Crippen molar-refractivity contribution in [3.8, 4) is 0 Å². The Morgan fingerprint density at radius 3 is 2.40 bits per heavy atom. The zero-order valence-corrected chi connectivity index (χ0v) is 13.5. The molecule has 1 heterocycles. The number of likely N-dealkylation sites (N-methyl/N-ethyl adjacent to an activating group) is 1. The normalized spacial score (nSPS) is 19.8. The van der Waals surface area contributed by atoms with Gasteiger partial charge in [-0.05, 0) is 33.9 Å². The third-order valence-electron chi connectivity index (χ3n) is 3.93. The molecule has 1 unspecified atom stereocenters. The molecule has 0 radical (unpaired) electrons. The second-order valence-electron chi connectivity index (χ2n) is 6.39. The van der Waals surface area contributed by atoms with Crippen molar-refractivity contribution in [3.63, 3.8) is 0 Å². The van der Waals surface area contributed by atoms with E-state index in [0.717, 1.165) is 19.6 Å². The molecule has 1 aliphatic heterocycles. The summed E-state index contributed by atoms with van der Waals surface area (Å²) in [6.07, 6.45) is 0.342. The van der Waals surface area contributed by atoms with Crippen LogP contribution in [0.15, 0.2) is 0 Å². The summed E-state index contributed by atoms with van der Waals surface area (Å²) in [6, 6.07) is 0. The van der Waals surface area contributed by atoms with Gasteiger partial charge in [-0.1, -0.05) is 13.8 Å². The van der Waals surface area contributed by atoms with Gasteiger partial charge in [0.25, 0.3) is 0 Å². The van der Waals surface area contributed by atoms with Crippen molar-refractivity contribution in [2.45, 2.75) is 46.6 Å². The van der Waals surface area contributed by atoms with Crippen LogP contribution in [0, 0.1) is 5.92 Å². The minimum absolute atomic E-state index is 0.0113. The van der Waals surface area contributed by atoms with Gasteiger partial charge < -0.3 is 15.1 Å². The molecule has 1 N–H and O–H groups in total. The molecule has 116 valence electrons. The van der Waals surface area contributed by atoms with Crippen molar-refractivity contribution in [1.29, 1.82) is 0 Å². The first kappa shape index (κ1) is 17.0. The zero-order chi connectivity index (χ0) is 15.3. The maximum atomic E-state index is 12.1. The summed E-state index contributed by atoms with van der Waals surface area (Å²) in [7, 11) is 0. The van der Waals surface area contributed by atoms with Crippen LogP contribution in [0.5, 0.6) is 0 Å². The Morgan fingerprint density at radius 1 is 1.35 bits per heavy atom. The van der Waals surface area contributed by atoms with Gasteiger partial charge in [0.1, 0.15) is 0 Å². The van der Waals surface area contributed by atoms with Crippen molar-refractivity contribution in [1.82, 2.24) is 15.1 Å². The highest BCUT2D eigenvalue weighted by atomic mass is 16.2. The van der Waals surface area contributed by atoms with Gasteiger partial charge in [0.2, 0.25) is 11.8 Å². The summed E-state index contributed by atoms with van der Waals surface area (Å²) in [5.41, 5.74) is -0.201. The number of nitrogens with zero attached hydrogens (tertiary/aromatic N) is 2. The number of amides is 2. The van der Waals surface area contributed by atoms with Crippen molar-refractivity contribution in [2.75, 3.05) is 32.7 Å². The molecule has 0 saturated carbocycles. The lowest BCUT2D eigenvalue weighted by Gasteiger charge is -2.32. The minimum Gasteiger partial charge on any atom is -0.355 e. The fourth-order valence-electron chi connectivity index (χ4n) is 2.55. The van der Waals surface area contributed by atoms with Crippen LogP contribution < -0.4 is 5.32 Å². The van der Waals surface area contributed by atoms with E-state index in [2.05, 4.69) is 24.1 Å². The van der Waals surface area contributed by atoms with E-state index in [1.54, 1.807) is 0 Å². The molecular weight excluding hydrogens is 254 g/mol. The van der Waals surface area contributed by atoms with Gasteiger partial charge in [0.05, 0.1) is 5.92 Å². The van der Waals surface area contributed by atoms with Gasteiger partial charge in [0, 0.05) is 31.6 Å². The first-order chi connectivity index (χ1) is 9.29. The Balaban J connectivity index is 2.41. The fourth-order valence-corrected chi connectivity index (χ4v) is 2.55. The van der Waals surface area contributed by atoms with Crippen molar-refractivity contribution in [3.05, 3.63) is 0 Å². The van der Waals surface area contributed by atoms with Crippen LogP contribution >= 0.6 is 0 Å². The molecule has 0 aromatic heterocycles. The van der Waals surface area contributed by atoms with Crippen LogP contribution in [0.3, 0.4) is 0 Å². The van der Waals surface area contributed by atoms with Gasteiger partial charge in [-0.25, -0.2) is 0 Å². The second-order valence-corrected chi connectivity index (χ2v) is 6.39. The van der Waals surface area contributed by atoms with Crippen LogP contribution in [-0.2, 0) is 9.59 Å². The Morgan fingerprint density at radius 2 is 1.95 bits per heavy atom. The Labute approximate surface area is 122 Å². The molecule has 0 aliphatic carbocycles. The Hall–Kier alpha value is -1.10. The molecule has 20 heavy (non-hydrogen) atoms. The van der Waals surface area contributed by atoms with Crippen molar-refractivity contribution < 1.29 is 9.59 Å². The number of hydrogen-bond acceptors (Lipinski definition) is 3. The highest BCUT2D eigenvalue weighted by Gasteiger charge is 2.39. The summed E-state index contributed by atoms with van der Waals surface area (Å²) in [5.74, 6) is -0.0999. The molecular formula is C15H29N3O2. The third kappa shape index (κ3) is 4.47. The maximum absolute atomic E-state index is 12.1. The lowest BCUT2D eigenvalue weighted by atomic mass is 10.1. The summed E-state index contributed by atoms with van der Waals surface area (Å²) < 4.78 is 0. The third-order valence-corrected chi connectivity index (χ3v) is 3.93. The average Bonchev–Trinajstić information content (AvgIpc) is 2.76. The lowest BCUT2D eigenvalue weighted by molar-refractivity contribution is -0.132. The van der Waals surface area contributed by atoms with Crippen LogP contribution in [0.1, 0.15) is 41.0 Å². The maximum Gasteiger partial charge on any atom is 0.225 e. The van der Waals surface area contributed by atoms with Crippen LogP contribution in [0.4, 0.5) is 0 Å². The molecule has 1 atom stereocenters. The molecule has 0 bridgehead atoms. The summed E-state index contributed by atoms with van der Waals surface area (Å²) in [4.78, 5) is 28.1. The molecule has 1 fully saturated rings. The predicted molar refractivity (Wildman–Crippen MR) is 80.4 cm³/mol. The van der Waals surface area contributed by atoms with Crippen molar-refractivity contribution >= 4 is 11.8 Å². The molecule has 0 spiro atoms. The summed E-state index contributed by atoms with van der Waals surface area (Å²) in [5, 5.41) is 2.96. The summed E-state index contributed by atoms with van der Waals surface area (Å²) >= 11 is 0. The highest BCUT2D eigenvalue weighted by molar-refractivity contribution is 5.89. The van der Waals surface area contributed by atoms with E-state index >= 15 is 0 Å². The van der Waals surface area contributed by atoms with Gasteiger partial charge in [-0.15, -0.1) is 0 Å². The van der Waals surface area contributed by atoms with E-state index in [-0.39, 0.29) is 23.3 Å². The van der Waals surface area contributed by atoms with E-state index in [0.29, 0.717) is 19.5 Å². The number of nitrogens with one attached hydrogen (secondary N) is 1. The molecule has 1 aliphatic rings. The number of hydrogen-bond donors (Lipinski definition) is 1. The molecule has 5 nitrogen and oxygen atoms in total. The van der Waals surface area contributed by atoms with E-state index < -0.39 is 0 Å². The van der Waals surface area contributed by atoms with Gasteiger partial charge >= 0.3 is 0 Å². The van der Waals surface area contributed by atoms with Crippen LogP contribution in [-0.4, -0.2) is 59.9 Å². The number of rotatable bonds is 6. The van der Waals surface area contributed by atoms with Gasteiger partial charge in [-0.2, -0.15) is 0 Å². The second kappa shape index (κ2) is 7.07. The molecule has 1 rings (SSSR count). The number of carbonyl (C=O) groups excluding carboxylic acids is 2. The monoisotopic (exact) mass is 283 g/mol. The summed E-state index contributed by atoms with van der Waals surface area (Å²) in [6.45, 7) is 14.3. The molecule has 2 amide bonds. The average molecular weight is 283 g/mol. The quantitative estimate of drug-likeness (QED) is 0.794. The van der Waals surface area contributed by atoms with Gasteiger partial charge in [-0.3, -0.25) is 9.59 Å². The Kier molecular flexibility index (Phi) is 5.99. The van der Waals surface area contributed by atoms with E-state index in [1.807, 2.05) is 25.7 Å². The smallest absolute Gasteiger partial charge is 0.225 e. The predicted octanol–water partition coefficient (Wildman–Crippen LogP) is 1.09. The molecule has 1 saturated heterocycles. The molecule has 0 aromatic rings. The van der Waals surface area contributed by atoms with Crippen LogP contribution in [0.2, 0.25) is 0 Å². The van der Waals surface area contributed by atoms with Crippen LogP contribution in [0.25, 0.3) is 0 Å². The SMILES string of the molecule is CCN(CC)CCNC(=O)C1CC(=O)N(C(C)(C)C)C1. The lowest BCUT2D eigenvalue weighted by Crippen LogP contribution is -2.43. The fraction of sp³-hybridized carbons (Fsp3) is 0.867. The Bertz CT molecular complexity index is 346.